The first kappa shape index (κ1) is 25.4. The molecule has 1 aliphatic heterocycles. The number of sulfonamides is 1. The van der Waals surface area contributed by atoms with Gasteiger partial charge in [0.15, 0.2) is 11.5 Å². The van der Waals surface area contributed by atoms with Gasteiger partial charge in [-0.1, -0.05) is 36.8 Å². The molecule has 2 aromatic carbocycles. The zero-order valence-electron chi connectivity index (χ0n) is 19.9. The molecule has 0 fully saturated rings. The molecule has 9 nitrogen and oxygen atoms in total. The van der Waals surface area contributed by atoms with Crippen LogP contribution in [0, 0.1) is 6.92 Å². The van der Waals surface area contributed by atoms with Crippen molar-refractivity contribution in [3.05, 3.63) is 53.6 Å². The van der Waals surface area contributed by atoms with Crippen molar-refractivity contribution in [1.82, 2.24) is 10.2 Å². The minimum Gasteiger partial charge on any atom is -0.454 e. The Bertz CT molecular complexity index is 1150. The van der Waals surface area contributed by atoms with Gasteiger partial charge in [-0.05, 0) is 38.0 Å². The van der Waals surface area contributed by atoms with Gasteiger partial charge in [-0.2, -0.15) is 0 Å². The monoisotopic (exact) mass is 489 g/mol. The zero-order chi connectivity index (χ0) is 24.9. The van der Waals surface area contributed by atoms with Crippen molar-refractivity contribution >= 4 is 27.5 Å². The molecule has 34 heavy (non-hydrogen) atoms. The minimum absolute atomic E-state index is 0.0469. The highest BCUT2D eigenvalue weighted by atomic mass is 32.2. The van der Waals surface area contributed by atoms with Crippen molar-refractivity contribution in [1.29, 1.82) is 0 Å². The van der Waals surface area contributed by atoms with E-state index in [2.05, 4.69) is 5.32 Å². The molecular formula is C24H31N3O6S. The van der Waals surface area contributed by atoms with Crippen LogP contribution < -0.4 is 19.1 Å². The first-order chi connectivity index (χ1) is 16.1. The number of nitrogens with zero attached hydrogens (tertiary/aromatic N) is 2. The van der Waals surface area contributed by atoms with Gasteiger partial charge in [0, 0.05) is 19.2 Å². The van der Waals surface area contributed by atoms with Gasteiger partial charge in [-0.15, -0.1) is 0 Å². The third-order valence-corrected chi connectivity index (χ3v) is 6.62. The Morgan fingerprint density at radius 3 is 2.53 bits per heavy atom. The maximum atomic E-state index is 13.5. The van der Waals surface area contributed by atoms with Crippen LogP contribution in [0.1, 0.15) is 31.4 Å². The summed E-state index contributed by atoms with van der Waals surface area (Å²) in [6.45, 7) is 5.77. The summed E-state index contributed by atoms with van der Waals surface area (Å²) in [7, 11) is -3.81. The minimum atomic E-state index is -3.81. The fourth-order valence-electron chi connectivity index (χ4n) is 3.64. The Labute approximate surface area is 200 Å². The Morgan fingerprint density at radius 1 is 1.12 bits per heavy atom. The van der Waals surface area contributed by atoms with Gasteiger partial charge in [0.2, 0.25) is 28.6 Å². The lowest BCUT2D eigenvalue weighted by atomic mass is 10.1. The molecular weight excluding hydrogens is 458 g/mol. The standard InChI is InChI=1S/C24H31N3O6S/c1-5-11-25-24(29)18(3)26(14-19-8-6-7-17(2)12-19)23(28)15-27(34(4,30)31)20-9-10-21-22(13-20)33-16-32-21/h6-10,12-13,18H,5,11,14-16H2,1-4H3,(H,25,29)/t18-/m1/s1. The first-order valence-electron chi connectivity index (χ1n) is 11.1. The Kier molecular flexibility index (Phi) is 8.03. The quantitative estimate of drug-likeness (QED) is 0.550. The summed E-state index contributed by atoms with van der Waals surface area (Å²) in [6, 6.07) is 11.5. The van der Waals surface area contributed by atoms with Crippen LogP contribution in [0.2, 0.25) is 0 Å². The first-order valence-corrected chi connectivity index (χ1v) is 12.9. The molecule has 2 amide bonds. The summed E-state index contributed by atoms with van der Waals surface area (Å²) in [5, 5.41) is 2.81. The molecule has 1 N–H and O–H groups in total. The van der Waals surface area contributed by atoms with Crippen molar-refractivity contribution < 1.29 is 27.5 Å². The molecule has 0 saturated heterocycles. The highest BCUT2D eigenvalue weighted by Crippen LogP contribution is 2.36. The third kappa shape index (κ3) is 6.19. The fraction of sp³-hybridized carbons (Fsp3) is 0.417. The highest BCUT2D eigenvalue weighted by molar-refractivity contribution is 7.92. The van der Waals surface area contributed by atoms with E-state index in [9.17, 15) is 18.0 Å². The lowest BCUT2D eigenvalue weighted by Crippen LogP contribution is -2.51. The average molecular weight is 490 g/mol. The molecule has 0 bridgehead atoms. The van der Waals surface area contributed by atoms with E-state index in [1.807, 2.05) is 38.1 Å². The maximum Gasteiger partial charge on any atom is 0.244 e. The van der Waals surface area contributed by atoms with Gasteiger partial charge in [0.25, 0.3) is 0 Å². The predicted molar refractivity (Wildman–Crippen MR) is 129 cm³/mol. The topological polar surface area (TPSA) is 105 Å². The van der Waals surface area contributed by atoms with Crippen molar-refractivity contribution in [2.45, 2.75) is 39.8 Å². The molecule has 1 aliphatic rings. The molecule has 0 saturated carbocycles. The van der Waals surface area contributed by atoms with Crippen LogP contribution in [0.5, 0.6) is 11.5 Å². The van der Waals surface area contributed by atoms with E-state index in [0.29, 0.717) is 18.0 Å². The van der Waals surface area contributed by atoms with E-state index < -0.39 is 28.5 Å². The number of carbonyl (C=O) groups is 2. The molecule has 184 valence electrons. The molecule has 0 radical (unpaired) electrons. The van der Waals surface area contributed by atoms with Gasteiger partial charge in [-0.25, -0.2) is 8.42 Å². The normalized spacial score (nSPS) is 13.3. The third-order valence-electron chi connectivity index (χ3n) is 5.48. The number of amides is 2. The molecule has 1 atom stereocenters. The van der Waals surface area contributed by atoms with E-state index in [-0.39, 0.29) is 24.9 Å². The van der Waals surface area contributed by atoms with Crippen molar-refractivity contribution in [3.8, 4) is 11.5 Å². The zero-order valence-corrected chi connectivity index (χ0v) is 20.7. The summed E-state index contributed by atoms with van der Waals surface area (Å²) in [5.74, 6) is 0.119. The summed E-state index contributed by atoms with van der Waals surface area (Å²) in [6.07, 6.45) is 1.80. The second-order valence-corrected chi connectivity index (χ2v) is 10.2. The Morgan fingerprint density at radius 2 is 1.85 bits per heavy atom. The molecule has 1 heterocycles. The number of carbonyl (C=O) groups excluding carboxylic acids is 2. The van der Waals surface area contributed by atoms with Gasteiger partial charge in [-0.3, -0.25) is 13.9 Å². The molecule has 0 aromatic heterocycles. The molecule has 0 unspecified atom stereocenters. The Hall–Kier alpha value is -3.27. The molecule has 10 heteroatoms. The summed E-state index contributed by atoms with van der Waals surface area (Å²) >= 11 is 0. The van der Waals surface area contributed by atoms with Gasteiger partial charge < -0.3 is 19.7 Å². The number of benzene rings is 2. The average Bonchev–Trinajstić information content (AvgIpc) is 3.26. The van der Waals surface area contributed by atoms with Crippen LogP contribution in [0.4, 0.5) is 5.69 Å². The van der Waals surface area contributed by atoms with Crippen LogP contribution in [-0.2, 0) is 26.2 Å². The van der Waals surface area contributed by atoms with Crippen molar-refractivity contribution in [2.24, 2.45) is 0 Å². The van der Waals surface area contributed by atoms with Gasteiger partial charge in [0.1, 0.15) is 12.6 Å². The lowest BCUT2D eigenvalue weighted by Gasteiger charge is -2.31. The number of nitrogens with one attached hydrogen (secondary N) is 1. The highest BCUT2D eigenvalue weighted by Gasteiger charge is 2.30. The van der Waals surface area contributed by atoms with E-state index >= 15 is 0 Å². The second kappa shape index (κ2) is 10.8. The number of hydrogen-bond donors (Lipinski definition) is 1. The fourth-order valence-corrected chi connectivity index (χ4v) is 4.48. The number of ether oxygens (including phenoxy) is 2. The van der Waals surface area contributed by atoms with E-state index in [0.717, 1.165) is 28.1 Å². The number of fused-ring (bicyclic) bond motifs is 1. The van der Waals surface area contributed by atoms with Crippen LogP contribution >= 0.6 is 0 Å². The number of anilines is 1. The summed E-state index contributed by atoms with van der Waals surface area (Å²) < 4.78 is 36.9. The predicted octanol–water partition coefficient (Wildman–Crippen LogP) is 2.43. The summed E-state index contributed by atoms with van der Waals surface area (Å²) in [4.78, 5) is 27.6. The SMILES string of the molecule is CCCNC(=O)[C@@H](C)N(Cc1cccc(C)c1)C(=O)CN(c1ccc2c(c1)OCO2)S(C)(=O)=O. The van der Waals surface area contributed by atoms with E-state index in [1.165, 1.54) is 11.0 Å². The largest absolute Gasteiger partial charge is 0.454 e. The van der Waals surface area contributed by atoms with Gasteiger partial charge >= 0.3 is 0 Å². The van der Waals surface area contributed by atoms with Crippen molar-refractivity contribution in [3.63, 3.8) is 0 Å². The molecule has 3 rings (SSSR count). The van der Waals surface area contributed by atoms with Crippen LogP contribution in [0.25, 0.3) is 0 Å². The maximum absolute atomic E-state index is 13.5. The number of rotatable bonds is 10. The molecule has 2 aromatic rings. The summed E-state index contributed by atoms with van der Waals surface area (Å²) in [5.41, 5.74) is 2.14. The lowest BCUT2D eigenvalue weighted by molar-refractivity contribution is -0.139. The second-order valence-electron chi connectivity index (χ2n) is 8.28. The van der Waals surface area contributed by atoms with E-state index in [1.54, 1.807) is 19.1 Å². The van der Waals surface area contributed by atoms with Crippen LogP contribution in [0.3, 0.4) is 0 Å². The smallest absolute Gasteiger partial charge is 0.244 e. The Balaban J connectivity index is 1.90. The van der Waals surface area contributed by atoms with Crippen molar-refractivity contribution in [2.75, 3.05) is 30.4 Å². The number of hydrogen-bond acceptors (Lipinski definition) is 6. The van der Waals surface area contributed by atoms with Crippen LogP contribution in [-0.4, -0.2) is 57.3 Å². The van der Waals surface area contributed by atoms with Gasteiger partial charge in [0.05, 0.1) is 11.9 Å². The van der Waals surface area contributed by atoms with E-state index in [4.69, 9.17) is 9.47 Å². The molecule has 0 aliphatic carbocycles. The van der Waals surface area contributed by atoms with Crippen LogP contribution in [0.15, 0.2) is 42.5 Å². The number of aryl methyl sites for hydroxylation is 1. The molecule has 0 spiro atoms.